The van der Waals surface area contributed by atoms with Crippen LogP contribution in [0.1, 0.15) is 22.1 Å². The summed E-state index contributed by atoms with van der Waals surface area (Å²) in [6, 6.07) is 16.5. The van der Waals surface area contributed by atoms with Gasteiger partial charge in [-0.05, 0) is 24.6 Å². The molecule has 4 aromatic rings. The Kier molecular flexibility index (Phi) is 5.68. The molecule has 0 saturated heterocycles. The number of para-hydroxylation sites is 1. The molecule has 0 unspecified atom stereocenters. The van der Waals surface area contributed by atoms with Gasteiger partial charge in [0.05, 0.1) is 15.6 Å². The normalized spacial score (nSPS) is 10.9. The Morgan fingerprint density at radius 1 is 1.10 bits per heavy atom. The van der Waals surface area contributed by atoms with E-state index >= 15 is 0 Å². The van der Waals surface area contributed by atoms with Gasteiger partial charge in [0.2, 0.25) is 0 Å². The fourth-order valence-electron chi connectivity index (χ4n) is 2.88. The van der Waals surface area contributed by atoms with Gasteiger partial charge in [0, 0.05) is 35.4 Å². The van der Waals surface area contributed by atoms with Crippen LogP contribution in [0.5, 0.6) is 0 Å². The molecular formula is C20H17N5O2S2. The molecule has 4 rings (SSSR count). The summed E-state index contributed by atoms with van der Waals surface area (Å²) in [7, 11) is 0. The highest BCUT2D eigenvalue weighted by molar-refractivity contribution is 7.98. The Labute approximate surface area is 175 Å². The molecule has 146 valence electrons. The molecule has 0 N–H and O–H groups in total. The molecule has 0 radical (unpaired) electrons. The number of hydrogen-bond acceptors (Lipinski definition) is 7. The fourth-order valence-corrected chi connectivity index (χ4v) is 4.46. The molecule has 29 heavy (non-hydrogen) atoms. The number of aromatic nitrogens is 4. The number of thioether (sulfide) groups is 1. The quantitative estimate of drug-likeness (QED) is 0.240. The first-order valence-electron chi connectivity index (χ1n) is 8.87. The van der Waals surface area contributed by atoms with E-state index in [4.69, 9.17) is 0 Å². The van der Waals surface area contributed by atoms with Crippen molar-refractivity contribution in [1.29, 1.82) is 0 Å². The molecule has 0 aliphatic carbocycles. The maximum absolute atomic E-state index is 10.9. The Balaban J connectivity index is 1.62. The highest BCUT2D eigenvalue weighted by atomic mass is 32.2. The van der Waals surface area contributed by atoms with Crippen LogP contribution in [0.2, 0.25) is 0 Å². The van der Waals surface area contributed by atoms with Crippen LogP contribution in [0.15, 0.2) is 65.1 Å². The lowest BCUT2D eigenvalue weighted by molar-refractivity contribution is -0.384. The Hall–Kier alpha value is -3.04. The number of nitrogens with zero attached hydrogens (tertiary/aromatic N) is 5. The van der Waals surface area contributed by atoms with Crippen molar-refractivity contribution in [2.75, 3.05) is 0 Å². The number of rotatable bonds is 7. The van der Waals surface area contributed by atoms with Crippen LogP contribution in [-0.4, -0.2) is 24.7 Å². The first kappa shape index (κ1) is 19.3. The van der Waals surface area contributed by atoms with E-state index in [1.165, 1.54) is 12.1 Å². The summed E-state index contributed by atoms with van der Waals surface area (Å²) in [5, 5.41) is 23.6. The summed E-state index contributed by atoms with van der Waals surface area (Å²) in [6.07, 6.45) is 0.524. The van der Waals surface area contributed by atoms with E-state index in [1.807, 2.05) is 41.8 Å². The molecule has 2 heterocycles. The zero-order valence-corrected chi connectivity index (χ0v) is 17.2. The average molecular weight is 424 g/mol. The summed E-state index contributed by atoms with van der Waals surface area (Å²) in [4.78, 5) is 15.0. The van der Waals surface area contributed by atoms with E-state index in [2.05, 4.69) is 20.6 Å². The Bertz CT molecular complexity index is 1120. The van der Waals surface area contributed by atoms with E-state index in [0.29, 0.717) is 12.2 Å². The van der Waals surface area contributed by atoms with Crippen LogP contribution in [0.3, 0.4) is 0 Å². The minimum absolute atomic E-state index is 0.0769. The average Bonchev–Trinajstić information content (AvgIpc) is 3.33. The second kappa shape index (κ2) is 8.54. The van der Waals surface area contributed by atoms with Gasteiger partial charge >= 0.3 is 0 Å². The molecule has 0 aliphatic rings. The second-order valence-electron chi connectivity index (χ2n) is 6.32. The summed E-state index contributed by atoms with van der Waals surface area (Å²) in [5.74, 6) is 1.49. The molecule has 9 heteroatoms. The number of non-ortho nitro benzene ring substituents is 1. The number of benzene rings is 2. The molecule has 0 bridgehead atoms. The lowest BCUT2D eigenvalue weighted by Gasteiger charge is -2.10. The van der Waals surface area contributed by atoms with Crippen molar-refractivity contribution in [3.8, 4) is 5.69 Å². The smallest absolute Gasteiger partial charge is 0.269 e. The molecule has 0 atom stereocenters. The number of nitro benzene ring substituents is 1. The highest BCUT2D eigenvalue weighted by Gasteiger charge is 2.16. The van der Waals surface area contributed by atoms with Gasteiger partial charge in [0.15, 0.2) is 5.16 Å². The first-order chi connectivity index (χ1) is 14.1. The third-order valence-corrected chi connectivity index (χ3v) is 6.02. The zero-order valence-electron chi connectivity index (χ0n) is 15.6. The van der Waals surface area contributed by atoms with Crippen molar-refractivity contribution < 1.29 is 4.92 Å². The van der Waals surface area contributed by atoms with Crippen molar-refractivity contribution in [2.24, 2.45) is 0 Å². The van der Waals surface area contributed by atoms with Crippen LogP contribution in [-0.2, 0) is 12.2 Å². The van der Waals surface area contributed by atoms with Gasteiger partial charge in [-0.2, -0.15) is 0 Å². The van der Waals surface area contributed by atoms with Gasteiger partial charge in [0.1, 0.15) is 5.82 Å². The molecule has 0 saturated carbocycles. The largest absolute Gasteiger partial charge is 0.274 e. The maximum Gasteiger partial charge on any atom is 0.269 e. The van der Waals surface area contributed by atoms with Crippen molar-refractivity contribution >= 4 is 28.8 Å². The van der Waals surface area contributed by atoms with Crippen LogP contribution in [0, 0.1) is 17.0 Å². The highest BCUT2D eigenvalue weighted by Crippen LogP contribution is 2.27. The van der Waals surface area contributed by atoms with Crippen LogP contribution in [0.25, 0.3) is 5.69 Å². The molecule has 0 aliphatic heterocycles. The third kappa shape index (κ3) is 4.52. The summed E-state index contributed by atoms with van der Waals surface area (Å²) in [6.45, 7) is 1.99. The van der Waals surface area contributed by atoms with E-state index in [0.717, 1.165) is 32.9 Å². The number of thiazole rings is 1. The van der Waals surface area contributed by atoms with Gasteiger partial charge in [-0.15, -0.1) is 21.5 Å². The summed E-state index contributed by atoms with van der Waals surface area (Å²) >= 11 is 3.23. The predicted molar refractivity (Wildman–Crippen MR) is 114 cm³/mol. The van der Waals surface area contributed by atoms with E-state index in [9.17, 15) is 10.1 Å². The zero-order chi connectivity index (χ0) is 20.2. The number of nitro groups is 1. The van der Waals surface area contributed by atoms with E-state index in [1.54, 1.807) is 35.2 Å². The van der Waals surface area contributed by atoms with Gasteiger partial charge in [0.25, 0.3) is 5.69 Å². The van der Waals surface area contributed by atoms with Crippen molar-refractivity contribution in [3.05, 3.63) is 92.2 Å². The van der Waals surface area contributed by atoms with Crippen LogP contribution >= 0.6 is 23.1 Å². The monoisotopic (exact) mass is 423 g/mol. The van der Waals surface area contributed by atoms with Crippen LogP contribution < -0.4 is 0 Å². The molecule has 2 aromatic carbocycles. The second-order valence-corrected chi connectivity index (χ2v) is 8.32. The lowest BCUT2D eigenvalue weighted by atomic mass is 10.1. The van der Waals surface area contributed by atoms with Crippen molar-refractivity contribution in [2.45, 2.75) is 24.3 Å². The topological polar surface area (TPSA) is 86.7 Å². The third-order valence-electron chi connectivity index (χ3n) is 4.24. The summed E-state index contributed by atoms with van der Waals surface area (Å²) < 4.78 is 2.03. The van der Waals surface area contributed by atoms with Crippen molar-refractivity contribution in [3.63, 3.8) is 0 Å². The SMILES string of the molecule is Cc1nc(CSc2nnc(Cc3ccc([N+](=O)[O-])cc3)n2-c2ccccc2)cs1. The molecule has 0 spiro atoms. The van der Waals surface area contributed by atoms with Gasteiger partial charge < -0.3 is 0 Å². The summed E-state index contributed by atoms with van der Waals surface area (Å²) in [5.41, 5.74) is 3.02. The Morgan fingerprint density at radius 2 is 1.86 bits per heavy atom. The van der Waals surface area contributed by atoms with E-state index < -0.39 is 4.92 Å². The molecule has 2 aromatic heterocycles. The van der Waals surface area contributed by atoms with Crippen molar-refractivity contribution in [1.82, 2.24) is 19.7 Å². The molecule has 7 nitrogen and oxygen atoms in total. The van der Waals surface area contributed by atoms with Gasteiger partial charge in [-0.25, -0.2) is 4.98 Å². The van der Waals surface area contributed by atoms with Gasteiger partial charge in [-0.3, -0.25) is 14.7 Å². The minimum Gasteiger partial charge on any atom is -0.274 e. The van der Waals surface area contributed by atoms with Crippen LogP contribution in [0.4, 0.5) is 5.69 Å². The number of aryl methyl sites for hydroxylation is 1. The lowest BCUT2D eigenvalue weighted by Crippen LogP contribution is -2.04. The molecule has 0 amide bonds. The van der Waals surface area contributed by atoms with E-state index in [-0.39, 0.29) is 5.69 Å². The minimum atomic E-state index is -0.398. The predicted octanol–water partition coefficient (Wildman–Crippen LogP) is 4.82. The number of hydrogen-bond donors (Lipinski definition) is 0. The molecular weight excluding hydrogens is 406 g/mol. The first-order valence-corrected chi connectivity index (χ1v) is 10.7. The molecule has 0 fully saturated rings. The Morgan fingerprint density at radius 3 is 2.52 bits per heavy atom. The van der Waals surface area contributed by atoms with Gasteiger partial charge in [-0.1, -0.05) is 42.1 Å². The standard InChI is InChI=1S/C20H17N5O2S2/c1-14-21-16(12-28-14)13-29-20-23-22-19(24(20)17-5-3-2-4-6-17)11-15-7-9-18(10-8-15)25(26)27/h2-10,12H,11,13H2,1H3. The fraction of sp³-hybridized carbons (Fsp3) is 0.150. The maximum atomic E-state index is 10.9.